The van der Waals surface area contributed by atoms with Crippen molar-refractivity contribution in [2.24, 2.45) is 56.7 Å². The first-order chi connectivity index (χ1) is 16.1. The van der Waals surface area contributed by atoms with Gasteiger partial charge in [0, 0.05) is 11.3 Å². The first-order valence-corrected chi connectivity index (χ1v) is 14.9. The molecule has 3 N–H and O–H groups in total. The van der Waals surface area contributed by atoms with Crippen molar-refractivity contribution < 1.29 is 20.1 Å². The zero-order valence-electron chi connectivity index (χ0n) is 23.2. The minimum absolute atomic E-state index is 0.00836. The average molecular weight is 487 g/mol. The fourth-order valence-electron chi connectivity index (χ4n) is 13.5. The van der Waals surface area contributed by atoms with Crippen molar-refractivity contribution in [2.45, 2.75) is 136 Å². The van der Waals surface area contributed by atoms with E-state index in [1.165, 1.54) is 38.5 Å². The summed E-state index contributed by atoms with van der Waals surface area (Å²) in [5, 5.41) is 34.6. The van der Waals surface area contributed by atoms with Crippen molar-refractivity contribution >= 4 is 0 Å². The number of aliphatic hydroxyl groups excluding tert-OH is 2. The minimum atomic E-state index is -0.785. The van der Waals surface area contributed by atoms with E-state index in [9.17, 15) is 15.3 Å². The Hall–Kier alpha value is -0.160. The highest BCUT2D eigenvalue weighted by Crippen LogP contribution is 2.90. The second kappa shape index (κ2) is 6.35. The monoisotopic (exact) mass is 486 g/mol. The van der Waals surface area contributed by atoms with Crippen LogP contribution in [0.1, 0.15) is 106 Å². The molecule has 0 radical (unpaired) electrons. The van der Waals surface area contributed by atoms with Crippen molar-refractivity contribution in [1.29, 1.82) is 0 Å². The lowest BCUT2D eigenvalue weighted by Gasteiger charge is -2.63. The molecule has 5 aliphatic carbocycles. The zero-order valence-corrected chi connectivity index (χ0v) is 23.2. The Labute approximate surface area is 212 Å². The van der Waals surface area contributed by atoms with Crippen LogP contribution in [0.5, 0.6) is 0 Å². The molecule has 2 heterocycles. The normalized spacial score (nSPS) is 63.9. The Bertz CT molecular complexity index is 954. The summed E-state index contributed by atoms with van der Waals surface area (Å²) in [6, 6.07) is 0. The molecule has 7 aliphatic rings. The highest BCUT2D eigenvalue weighted by molar-refractivity contribution is 5.35. The molecular formula is C31H50O4. The van der Waals surface area contributed by atoms with E-state index in [0.717, 1.165) is 19.3 Å². The standard InChI is InChI=1S/C31H50O4/c1-17-14-19-18(26(4,5)34)15-31(35-19)23(17)27(6)12-13-30-16-29(30)11-10-22(32)25(2,3)20(29)8-9-21(30)28(27,7)24(31)33/h17-24,32-34H,8-16H2,1-7H3/t17?,18-,19?,20-,21-,22-,23?,24+,27+,28+,29+,30?,31+/m0/s1. The Kier molecular flexibility index (Phi) is 4.34. The van der Waals surface area contributed by atoms with Crippen LogP contribution in [0.15, 0.2) is 0 Å². The molecule has 13 atom stereocenters. The van der Waals surface area contributed by atoms with Crippen molar-refractivity contribution in [2.75, 3.05) is 0 Å². The Morgan fingerprint density at radius 1 is 0.886 bits per heavy atom. The Morgan fingerprint density at radius 3 is 2.23 bits per heavy atom. The van der Waals surface area contributed by atoms with Crippen LogP contribution in [0.25, 0.3) is 0 Å². The van der Waals surface area contributed by atoms with Crippen molar-refractivity contribution in [1.82, 2.24) is 0 Å². The van der Waals surface area contributed by atoms with E-state index in [4.69, 9.17) is 4.74 Å². The Morgan fingerprint density at radius 2 is 1.54 bits per heavy atom. The summed E-state index contributed by atoms with van der Waals surface area (Å²) in [4.78, 5) is 0. The van der Waals surface area contributed by atoms with E-state index in [-0.39, 0.29) is 34.4 Å². The predicted molar refractivity (Wildman–Crippen MR) is 135 cm³/mol. The fraction of sp³-hybridized carbons (Fsp3) is 1.00. The summed E-state index contributed by atoms with van der Waals surface area (Å²) >= 11 is 0. The van der Waals surface area contributed by atoms with Gasteiger partial charge in [-0.3, -0.25) is 0 Å². The fourth-order valence-corrected chi connectivity index (χ4v) is 13.5. The van der Waals surface area contributed by atoms with Gasteiger partial charge in [0.05, 0.1) is 29.5 Å². The number of hydrogen-bond acceptors (Lipinski definition) is 4. The summed E-state index contributed by atoms with van der Waals surface area (Å²) in [6.45, 7) is 15.9. The third kappa shape index (κ3) is 2.31. The SMILES string of the molecule is CC1CC2O[C@]3(C[C@@H]2C(C)(C)O)C1[C@@]1(C)CCC24C[C@@]25CC[C@H](O)C(C)(C)[C@@H]5CC[C@H]4[C@]1(C)[C@H]3O. The van der Waals surface area contributed by atoms with Gasteiger partial charge in [-0.05, 0) is 117 Å². The molecule has 7 rings (SSSR count). The van der Waals surface area contributed by atoms with Gasteiger partial charge in [-0.25, -0.2) is 0 Å². The largest absolute Gasteiger partial charge is 0.393 e. The lowest BCUT2D eigenvalue weighted by atomic mass is 9.41. The van der Waals surface area contributed by atoms with Gasteiger partial charge in [0.15, 0.2) is 0 Å². The van der Waals surface area contributed by atoms with Crippen LogP contribution in [0, 0.1) is 56.7 Å². The van der Waals surface area contributed by atoms with Gasteiger partial charge in [0.1, 0.15) is 0 Å². The first kappa shape index (κ1) is 23.9. The molecule has 0 aromatic carbocycles. The van der Waals surface area contributed by atoms with Crippen LogP contribution in [-0.2, 0) is 4.74 Å². The molecule has 7 fully saturated rings. The summed E-state index contributed by atoms with van der Waals surface area (Å²) < 4.78 is 6.99. The van der Waals surface area contributed by atoms with E-state index in [2.05, 4.69) is 34.6 Å². The highest BCUT2D eigenvalue weighted by atomic mass is 16.5. The molecule has 3 spiro atoms. The van der Waals surface area contributed by atoms with E-state index in [0.29, 0.717) is 34.5 Å². The van der Waals surface area contributed by atoms with Crippen LogP contribution < -0.4 is 0 Å². The maximum Gasteiger partial charge on any atom is 0.0990 e. The molecule has 0 aromatic heterocycles. The third-order valence-electron chi connectivity index (χ3n) is 14.9. The van der Waals surface area contributed by atoms with Crippen LogP contribution in [0.4, 0.5) is 0 Å². The third-order valence-corrected chi connectivity index (χ3v) is 14.9. The molecule has 0 amide bonds. The Balaban J connectivity index is 1.33. The highest BCUT2D eigenvalue weighted by Gasteiger charge is 2.87. The number of hydrogen-bond donors (Lipinski definition) is 3. The van der Waals surface area contributed by atoms with Gasteiger partial charge in [0.25, 0.3) is 0 Å². The van der Waals surface area contributed by atoms with Gasteiger partial charge in [-0.15, -0.1) is 0 Å². The van der Waals surface area contributed by atoms with E-state index in [1.807, 2.05) is 13.8 Å². The zero-order chi connectivity index (χ0) is 25.2. The molecule has 4 nitrogen and oxygen atoms in total. The molecule has 2 bridgehead atoms. The lowest BCUT2D eigenvalue weighted by molar-refractivity contribution is -0.191. The molecule has 2 aliphatic heterocycles. The van der Waals surface area contributed by atoms with Crippen molar-refractivity contribution in [3.05, 3.63) is 0 Å². The van der Waals surface area contributed by atoms with Gasteiger partial charge in [-0.2, -0.15) is 0 Å². The van der Waals surface area contributed by atoms with Gasteiger partial charge < -0.3 is 20.1 Å². The number of rotatable bonds is 1. The number of aliphatic hydroxyl groups is 3. The van der Waals surface area contributed by atoms with Crippen LogP contribution in [0.2, 0.25) is 0 Å². The maximum absolute atomic E-state index is 12.6. The van der Waals surface area contributed by atoms with Crippen molar-refractivity contribution in [3.8, 4) is 0 Å². The van der Waals surface area contributed by atoms with Gasteiger partial charge >= 0.3 is 0 Å². The minimum Gasteiger partial charge on any atom is -0.393 e. The maximum atomic E-state index is 12.6. The second-order valence-corrected chi connectivity index (χ2v) is 16.4. The van der Waals surface area contributed by atoms with Crippen LogP contribution >= 0.6 is 0 Å². The molecular weight excluding hydrogens is 436 g/mol. The second-order valence-electron chi connectivity index (χ2n) is 16.4. The smallest absolute Gasteiger partial charge is 0.0990 e. The van der Waals surface area contributed by atoms with Gasteiger partial charge in [0.2, 0.25) is 0 Å². The van der Waals surface area contributed by atoms with E-state index < -0.39 is 17.3 Å². The first-order valence-electron chi connectivity index (χ1n) is 14.9. The number of fused-ring (bicyclic) bond motifs is 4. The number of ether oxygens (including phenoxy) is 1. The van der Waals surface area contributed by atoms with Crippen molar-refractivity contribution in [3.63, 3.8) is 0 Å². The van der Waals surface area contributed by atoms with E-state index >= 15 is 0 Å². The average Bonchev–Trinajstić information content (AvgIpc) is 3.28. The van der Waals surface area contributed by atoms with Crippen LogP contribution in [-0.4, -0.2) is 44.8 Å². The van der Waals surface area contributed by atoms with Crippen LogP contribution in [0.3, 0.4) is 0 Å². The summed E-state index contributed by atoms with van der Waals surface area (Å²) in [5.74, 6) is 2.08. The summed E-state index contributed by atoms with van der Waals surface area (Å²) in [7, 11) is 0. The summed E-state index contributed by atoms with van der Waals surface area (Å²) in [5.41, 5.74) is -0.706. The molecule has 2 saturated heterocycles. The van der Waals surface area contributed by atoms with Gasteiger partial charge in [-0.1, -0.05) is 34.6 Å². The van der Waals surface area contributed by atoms with E-state index in [1.54, 1.807) is 0 Å². The quantitative estimate of drug-likeness (QED) is 0.469. The molecule has 198 valence electrons. The molecule has 4 unspecified atom stereocenters. The molecule has 0 aromatic rings. The predicted octanol–water partition coefficient (Wildman–Crippen LogP) is 5.32. The molecule has 4 heteroatoms. The molecule has 5 saturated carbocycles. The summed E-state index contributed by atoms with van der Waals surface area (Å²) in [6.07, 6.45) is 9.49. The molecule has 35 heavy (non-hydrogen) atoms. The topological polar surface area (TPSA) is 69.9 Å². The lowest BCUT2D eigenvalue weighted by Crippen LogP contribution is -2.60.